The molecule has 0 radical (unpaired) electrons. The minimum Gasteiger partial charge on any atom is -0.507 e. The van der Waals surface area contributed by atoms with E-state index in [1.54, 1.807) is 18.2 Å². The van der Waals surface area contributed by atoms with Gasteiger partial charge in [-0.3, -0.25) is 0 Å². The van der Waals surface area contributed by atoms with Gasteiger partial charge in [0.05, 0.1) is 16.7 Å². The van der Waals surface area contributed by atoms with Crippen molar-refractivity contribution in [1.82, 2.24) is 0 Å². The molecule has 0 saturated carbocycles. The Hall–Kier alpha value is -4.32. The zero-order valence-corrected chi connectivity index (χ0v) is 19.2. The Morgan fingerprint density at radius 3 is 1.94 bits per heavy atom. The molecule has 2 nitrogen and oxygen atoms in total. The number of halogens is 1. The van der Waals surface area contributed by atoms with Crippen molar-refractivity contribution in [3.05, 3.63) is 135 Å². The highest BCUT2D eigenvalue weighted by Gasteiger charge is 2.08. The normalized spacial score (nSPS) is 11.4. The summed E-state index contributed by atoms with van der Waals surface area (Å²) in [5.41, 5.74) is 5.87. The monoisotopic (exact) mass is 459 g/mol. The lowest BCUT2D eigenvalue weighted by atomic mass is 9.99. The number of phenols is 1. The van der Waals surface area contributed by atoms with E-state index >= 15 is 0 Å². The van der Waals surface area contributed by atoms with Crippen molar-refractivity contribution in [3.8, 4) is 11.8 Å². The Bertz CT molecular complexity index is 1430. The van der Waals surface area contributed by atoms with E-state index < -0.39 is 0 Å². The molecular formula is C31H22ClNO. The van der Waals surface area contributed by atoms with E-state index in [1.165, 1.54) is 0 Å². The summed E-state index contributed by atoms with van der Waals surface area (Å²) in [6, 6.07) is 30.9. The Morgan fingerprint density at radius 1 is 0.588 bits per heavy atom. The van der Waals surface area contributed by atoms with Crippen LogP contribution in [0.5, 0.6) is 5.75 Å². The largest absolute Gasteiger partial charge is 0.507 e. The molecule has 0 bridgehead atoms. The summed E-state index contributed by atoms with van der Waals surface area (Å²) in [6.45, 7) is 0. The molecule has 164 valence electrons. The van der Waals surface area contributed by atoms with Gasteiger partial charge in [0, 0.05) is 11.1 Å². The van der Waals surface area contributed by atoms with Crippen molar-refractivity contribution in [2.45, 2.75) is 0 Å². The molecule has 0 heterocycles. The van der Waals surface area contributed by atoms with E-state index in [-0.39, 0.29) is 5.75 Å². The molecule has 0 unspecified atom stereocenters. The SMILES string of the molecule is N#Cc1ccccc1C=Cc1c(C=Cc2ccccc2)ccc(C=Cc2ccccc2O)c1Cl. The summed E-state index contributed by atoms with van der Waals surface area (Å²) in [6.07, 6.45) is 11.7. The average molecular weight is 460 g/mol. The molecule has 0 spiro atoms. The van der Waals surface area contributed by atoms with Gasteiger partial charge in [-0.25, -0.2) is 0 Å². The summed E-state index contributed by atoms with van der Waals surface area (Å²) < 4.78 is 0. The minimum absolute atomic E-state index is 0.213. The Balaban J connectivity index is 1.76. The molecule has 0 aliphatic heterocycles. The molecule has 4 aromatic carbocycles. The smallest absolute Gasteiger partial charge is 0.122 e. The van der Waals surface area contributed by atoms with Crippen LogP contribution in [0, 0.1) is 11.3 Å². The lowest BCUT2D eigenvalue weighted by Crippen LogP contribution is -1.88. The number of aromatic hydroxyl groups is 1. The van der Waals surface area contributed by atoms with Gasteiger partial charge in [-0.2, -0.15) is 5.26 Å². The first-order valence-corrected chi connectivity index (χ1v) is 11.2. The summed E-state index contributed by atoms with van der Waals surface area (Å²) in [5, 5.41) is 20.1. The van der Waals surface area contributed by atoms with Gasteiger partial charge in [0.15, 0.2) is 0 Å². The minimum atomic E-state index is 0.213. The van der Waals surface area contributed by atoms with Gasteiger partial charge in [0.2, 0.25) is 0 Å². The van der Waals surface area contributed by atoms with Crippen molar-refractivity contribution >= 4 is 48.1 Å². The van der Waals surface area contributed by atoms with Gasteiger partial charge in [0.1, 0.15) is 5.75 Å². The molecule has 34 heavy (non-hydrogen) atoms. The van der Waals surface area contributed by atoms with Crippen LogP contribution in [0.2, 0.25) is 5.02 Å². The average Bonchev–Trinajstić information content (AvgIpc) is 2.88. The van der Waals surface area contributed by atoms with Crippen LogP contribution < -0.4 is 0 Å². The van der Waals surface area contributed by atoms with E-state index in [4.69, 9.17) is 11.6 Å². The van der Waals surface area contributed by atoms with Gasteiger partial charge < -0.3 is 5.11 Å². The molecule has 0 fully saturated rings. The van der Waals surface area contributed by atoms with Crippen molar-refractivity contribution in [3.63, 3.8) is 0 Å². The second-order valence-corrected chi connectivity index (χ2v) is 8.02. The van der Waals surface area contributed by atoms with Gasteiger partial charge >= 0.3 is 0 Å². The highest BCUT2D eigenvalue weighted by atomic mass is 35.5. The fourth-order valence-electron chi connectivity index (χ4n) is 3.54. The first-order chi connectivity index (χ1) is 16.7. The molecule has 4 rings (SSSR count). The van der Waals surface area contributed by atoms with E-state index in [9.17, 15) is 10.4 Å². The van der Waals surface area contributed by atoms with E-state index in [1.807, 2.05) is 109 Å². The number of rotatable bonds is 6. The maximum atomic E-state index is 10.1. The molecule has 0 aliphatic rings. The van der Waals surface area contributed by atoms with E-state index in [0.717, 1.165) is 27.8 Å². The van der Waals surface area contributed by atoms with Crippen molar-refractivity contribution in [1.29, 1.82) is 5.26 Å². The number of para-hydroxylation sites is 1. The van der Waals surface area contributed by atoms with Crippen molar-refractivity contribution in [2.24, 2.45) is 0 Å². The van der Waals surface area contributed by atoms with Crippen molar-refractivity contribution in [2.75, 3.05) is 0 Å². The number of phenolic OH excluding ortho intramolecular Hbond substituents is 1. The highest BCUT2D eigenvalue weighted by molar-refractivity contribution is 6.34. The molecule has 1 N–H and O–H groups in total. The highest BCUT2D eigenvalue weighted by Crippen LogP contribution is 2.30. The zero-order chi connectivity index (χ0) is 23.8. The number of nitriles is 1. The molecule has 0 aliphatic carbocycles. The second kappa shape index (κ2) is 11.0. The fraction of sp³-hybridized carbons (Fsp3) is 0. The van der Waals surface area contributed by atoms with Crippen LogP contribution in [0.3, 0.4) is 0 Å². The predicted molar refractivity (Wildman–Crippen MR) is 144 cm³/mol. The van der Waals surface area contributed by atoms with Crippen LogP contribution in [0.25, 0.3) is 36.5 Å². The van der Waals surface area contributed by atoms with E-state index in [0.29, 0.717) is 16.1 Å². The maximum Gasteiger partial charge on any atom is 0.122 e. The van der Waals surface area contributed by atoms with Crippen LogP contribution in [-0.4, -0.2) is 5.11 Å². The molecule has 4 aromatic rings. The molecule has 0 amide bonds. The Morgan fingerprint density at radius 2 is 1.18 bits per heavy atom. The summed E-state index contributed by atoms with van der Waals surface area (Å²) in [7, 11) is 0. The van der Waals surface area contributed by atoms with Crippen LogP contribution in [0.4, 0.5) is 0 Å². The quantitative estimate of drug-likeness (QED) is 0.294. The van der Waals surface area contributed by atoms with Crippen molar-refractivity contribution < 1.29 is 5.11 Å². The summed E-state index contributed by atoms with van der Waals surface area (Å²) >= 11 is 6.88. The topological polar surface area (TPSA) is 44.0 Å². The first-order valence-electron chi connectivity index (χ1n) is 10.8. The first kappa shape index (κ1) is 22.9. The fourth-order valence-corrected chi connectivity index (χ4v) is 3.84. The van der Waals surface area contributed by atoms with Crippen LogP contribution in [0.15, 0.2) is 91.0 Å². The lowest BCUT2D eigenvalue weighted by Gasteiger charge is -2.09. The molecular weight excluding hydrogens is 438 g/mol. The van der Waals surface area contributed by atoms with Gasteiger partial charge in [0.25, 0.3) is 0 Å². The third-order valence-corrected chi connectivity index (χ3v) is 5.81. The predicted octanol–water partition coefficient (Wildman–Crippen LogP) is 8.43. The third-order valence-electron chi connectivity index (χ3n) is 5.39. The molecule has 0 atom stereocenters. The van der Waals surface area contributed by atoms with Crippen LogP contribution >= 0.6 is 11.6 Å². The number of hydrogen-bond donors (Lipinski definition) is 1. The molecule has 0 saturated heterocycles. The molecule has 3 heteroatoms. The lowest BCUT2D eigenvalue weighted by molar-refractivity contribution is 0.474. The van der Waals surface area contributed by atoms with Gasteiger partial charge in [-0.1, -0.05) is 127 Å². The second-order valence-electron chi connectivity index (χ2n) is 7.64. The van der Waals surface area contributed by atoms with Crippen LogP contribution in [-0.2, 0) is 0 Å². The Labute approximate surface area is 205 Å². The standard InChI is InChI=1S/C31H22ClNO/c32-31-27(19-17-26-11-6-7-13-30(26)34)18-16-25(15-14-23-8-2-1-3-9-23)29(31)21-20-24-10-4-5-12-28(24)22-33/h1-21,34H. The summed E-state index contributed by atoms with van der Waals surface area (Å²) in [5.74, 6) is 0.213. The van der Waals surface area contributed by atoms with Crippen LogP contribution in [0.1, 0.15) is 38.9 Å². The summed E-state index contributed by atoms with van der Waals surface area (Å²) in [4.78, 5) is 0. The Kier molecular flexibility index (Phi) is 7.40. The zero-order valence-electron chi connectivity index (χ0n) is 18.4. The van der Waals surface area contributed by atoms with Gasteiger partial charge in [-0.15, -0.1) is 0 Å². The van der Waals surface area contributed by atoms with Gasteiger partial charge in [-0.05, 0) is 34.4 Å². The third kappa shape index (κ3) is 5.53. The number of nitrogens with zero attached hydrogens (tertiary/aromatic N) is 1. The number of hydrogen-bond acceptors (Lipinski definition) is 2. The van der Waals surface area contributed by atoms with E-state index in [2.05, 4.69) is 6.07 Å². The molecule has 0 aromatic heterocycles. The maximum absolute atomic E-state index is 10.1. The number of benzene rings is 4.